The topological polar surface area (TPSA) is 6.25 Å². The van der Waals surface area contributed by atoms with Crippen molar-refractivity contribution in [2.24, 2.45) is 0 Å². The van der Waals surface area contributed by atoms with Crippen molar-refractivity contribution in [3.05, 3.63) is 35.9 Å². The second-order valence-corrected chi connectivity index (χ2v) is 3.53. The van der Waals surface area contributed by atoms with Gasteiger partial charge in [0.15, 0.2) is 0 Å². The van der Waals surface area contributed by atoms with Crippen LogP contribution < -0.4 is 0 Å². The Bertz CT molecular complexity index is 327. The molecular formula is C11H15N2+. The molecule has 0 aliphatic carbocycles. The van der Waals surface area contributed by atoms with Crippen molar-refractivity contribution in [2.45, 2.75) is 0 Å². The minimum atomic E-state index is 1.13. The summed E-state index contributed by atoms with van der Waals surface area (Å²) in [6.07, 6.45) is 0. The molecule has 1 aliphatic rings. The molecule has 68 valence electrons. The van der Waals surface area contributed by atoms with Gasteiger partial charge in [0.1, 0.15) is 13.1 Å². The van der Waals surface area contributed by atoms with E-state index >= 15 is 0 Å². The molecule has 0 atom stereocenters. The molecule has 1 heterocycles. The van der Waals surface area contributed by atoms with Crippen LogP contribution in [-0.2, 0) is 0 Å². The highest BCUT2D eigenvalue weighted by atomic mass is 15.3. The van der Waals surface area contributed by atoms with Gasteiger partial charge in [0.2, 0.25) is 0 Å². The minimum absolute atomic E-state index is 1.13. The molecule has 0 radical (unpaired) electrons. The molecule has 0 saturated carbocycles. The third-order valence-electron chi connectivity index (χ3n) is 2.53. The van der Waals surface area contributed by atoms with Crippen LogP contribution in [-0.4, -0.2) is 42.5 Å². The summed E-state index contributed by atoms with van der Waals surface area (Å²) in [5, 5.41) is 0. The smallest absolute Gasteiger partial charge is 0.260 e. The molecule has 0 N–H and O–H groups in total. The van der Waals surface area contributed by atoms with E-state index in [9.17, 15) is 0 Å². The van der Waals surface area contributed by atoms with Gasteiger partial charge in [0, 0.05) is 0 Å². The Hall–Kier alpha value is -1.31. The fourth-order valence-electron chi connectivity index (χ4n) is 1.83. The molecule has 1 aromatic carbocycles. The lowest BCUT2D eigenvalue weighted by Crippen LogP contribution is -2.25. The summed E-state index contributed by atoms with van der Waals surface area (Å²) in [5.74, 6) is 1.33. The van der Waals surface area contributed by atoms with E-state index in [-0.39, 0.29) is 0 Å². The molecule has 1 aliphatic heterocycles. The fraction of sp³-hybridized carbons (Fsp3) is 0.364. The molecule has 0 aromatic heterocycles. The predicted molar refractivity (Wildman–Crippen MR) is 54.2 cm³/mol. The zero-order chi connectivity index (χ0) is 9.26. The maximum Gasteiger partial charge on any atom is 0.279 e. The van der Waals surface area contributed by atoms with E-state index < -0.39 is 0 Å². The Morgan fingerprint density at radius 2 is 1.92 bits per heavy atom. The maximum absolute atomic E-state index is 2.30. The number of hydrogen-bond donors (Lipinski definition) is 0. The molecule has 2 heteroatoms. The first-order chi connectivity index (χ1) is 6.29. The van der Waals surface area contributed by atoms with E-state index in [1.165, 1.54) is 11.4 Å². The number of nitrogens with zero attached hydrogens (tertiary/aromatic N) is 2. The Morgan fingerprint density at radius 3 is 2.46 bits per heavy atom. The number of hydrogen-bond acceptors (Lipinski definition) is 1. The number of rotatable bonds is 1. The van der Waals surface area contributed by atoms with E-state index in [1.807, 2.05) is 0 Å². The van der Waals surface area contributed by atoms with Crippen LogP contribution in [0.5, 0.6) is 0 Å². The molecule has 0 saturated heterocycles. The van der Waals surface area contributed by atoms with Crippen LogP contribution in [0.15, 0.2) is 30.3 Å². The molecule has 0 bridgehead atoms. The highest BCUT2D eigenvalue weighted by molar-refractivity contribution is 5.95. The molecule has 13 heavy (non-hydrogen) atoms. The van der Waals surface area contributed by atoms with Crippen molar-refractivity contribution in [1.82, 2.24) is 4.90 Å². The van der Waals surface area contributed by atoms with Crippen molar-refractivity contribution < 1.29 is 4.58 Å². The first-order valence-electron chi connectivity index (χ1n) is 4.63. The van der Waals surface area contributed by atoms with Gasteiger partial charge in [-0.1, -0.05) is 18.2 Å². The SMILES string of the molecule is CN1CC[N+](C)=C1c1ccccc1. The molecule has 1 aromatic rings. The Kier molecular flexibility index (Phi) is 2.05. The fourth-order valence-corrected chi connectivity index (χ4v) is 1.83. The molecule has 0 spiro atoms. The van der Waals surface area contributed by atoms with Gasteiger partial charge in [-0.3, -0.25) is 9.48 Å². The number of benzene rings is 1. The monoisotopic (exact) mass is 175 g/mol. The lowest BCUT2D eigenvalue weighted by molar-refractivity contribution is -0.486. The van der Waals surface area contributed by atoms with Gasteiger partial charge in [-0.2, -0.15) is 0 Å². The van der Waals surface area contributed by atoms with E-state index in [1.54, 1.807) is 0 Å². The third kappa shape index (κ3) is 1.44. The highest BCUT2D eigenvalue weighted by Crippen LogP contribution is 2.07. The van der Waals surface area contributed by atoms with Crippen molar-refractivity contribution in [1.29, 1.82) is 0 Å². The second-order valence-electron chi connectivity index (χ2n) is 3.53. The molecule has 0 amide bonds. The summed E-state index contributed by atoms with van der Waals surface area (Å²) in [6, 6.07) is 10.5. The van der Waals surface area contributed by atoms with Crippen LogP contribution >= 0.6 is 0 Å². The quantitative estimate of drug-likeness (QED) is 0.578. The standard InChI is InChI=1S/C11H15N2/c1-12-8-9-13(2)11(12)10-6-4-3-5-7-10/h3-7H,8-9H2,1-2H3/q+1. The molecule has 2 nitrogen and oxygen atoms in total. The summed E-state index contributed by atoms with van der Waals surface area (Å²) >= 11 is 0. The van der Waals surface area contributed by atoms with Crippen molar-refractivity contribution in [3.8, 4) is 0 Å². The largest absolute Gasteiger partial charge is 0.279 e. The van der Waals surface area contributed by atoms with Crippen LogP contribution in [0.1, 0.15) is 5.56 Å². The van der Waals surface area contributed by atoms with Crippen LogP contribution in [0.25, 0.3) is 0 Å². The summed E-state index contributed by atoms with van der Waals surface area (Å²) in [4.78, 5) is 2.30. The average Bonchev–Trinajstić information content (AvgIpc) is 2.48. The Balaban J connectivity index is 2.41. The summed E-state index contributed by atoms with van der Waals surface area (Å²) in [6.45, 7) is 2.25. The predicted octanol–water partition coefficient (Wildman–Crippen LogP) is 1.02. The van der Waals surface area contributed by atoms with Gasteiger partial charge >= 0.3 is 0 Å². The number of likely N-dealkylation sites (N-methyl/N-ethyl adjacent to an activating group) is 2. The van der Waals surface area contributed by atoms with Crippen LogP contribution in [0.4, 0.5) is 0 Å². The molecular weight excluding hydrogens is 160 g/mol. The van der Waals surface area contributed by atoms with E-state index in [2.05, 4.69) is 53.9 Å². The lowest BCUT2D eigenvalue weighted by atomic mass is 10.2. The first-order valence-corrected chi connectivity index (χ1v) is 4.63. The second kappa shape index (κ2) is 3.21. The Morgan fingerprint density at radius 1 is 1.23 bits per heavy atom. The van der Waals surface area contributed by atoms with Crippen molar-refractivity contribution in [3.63, 3.8) is 0 Å². The summed E-state index contributed by atoms with van der Waals surface area (Å²) in [5.41, 5.74) is 1.31. The maximum atomic E-state index is 2.30. The van der Waals surface area contributed by atoms with E-state index in [0.717, 1.165) is 13.1 Å². The van der Waals surface area contributed by atoms with Crippen LogP contribution in [0.2, 0.25) is 0 Å². The van der Waals surface area contributed by atoms with Gasteiger partial charge < -0.3 is 0 Å². The molecule has 2 rings (SSSR count). The van der Waals surface area contributed by atoms with Gasteiger partial charge in [0.25, 0.3) is 5.84 Å². The lowest BCUT2D eigenvalue weighted by Gasteiger charge is -2.06. The van der Waals surface area contributed by atoms with Crippen LogP contribution in [0.3, 0.4) is 0 Å². The molecule has 0 unspecified atom stereocenters. The van der Waals surface area contributed by atoms with Crippen molar-refractivity contribution in [2.75, 3.05) is 27.2 Å². The normalized spacial score (nSPS) is 16.9. The first kappa shape index (κ1) is 8.30. The molecule has 0 fully saturated rings. The minimum Gasteiger partial charge on any atom is -0.260 e. The van der Waals surface area contributed by atoms with Crippen molar-refractivity contribution >= 4 is 5.84 Å². The highest BCUT2D eigenvalue weighted by Gasteiger charge is 2.25. The summed E-state index contributed by atoms with van der Waals surface area (Å²) < 4.78 is 2.30. The average molecular weight is 175 g/mol. The number of amidine groups is 1. The van der Waals surface area contributed by atoms with Gasteiger partial charge in [0.05, 0.1) is 19.7 Å². The van der Waals surface area contributed by atoms with Crippen LogP contribution in [0, 0.1) is 0 Å². The van der Waals surface area contributed by atoms with E-state index in [4.69, 9.17) is 0 Å². The summed E-state index contributed by atoms with van der Waals surface area (Å²) in [7, 11) is 4.29. The zero-order valence-corrected chi connectivity index (χ0v) is 8.20. The van der Waals surface area contributed by atoms with Gasteiger partial charge in [-0.05, 0) is 12.1 Å². The zero-order valence-electron chi connectivity index (χ0n) is 8.20. The van der Waals surface area contributed by atoms with E-state index in [0.29, 0.717) is 0 Å². The van der Waals surface area contributed by atoms with Gasteiger partial charge in [-0.25, -0.2) is 0 Å². The Labute approximate surface area is 79.1 Å². The third-order valence-corrected chi connectivity index (χ3v) is 2.53. The van der Waals surface area contributed by atoms with Gasteiger partial charge in [-0.15, -0.1) is 0 Å².